The minimum Gasteiger partial charge on any atom is -0.497 e. The van der Waals surface area contributed by atoms with Crippen molar-refractivity contribution >= 4 is 0 Å². The van der Waals surface area contributed by atoms with Gasteiger partial charge in [-0.3, -0.25) is 0 Å². The Morgan fingerprint density at radius 3 is 2.65 bits per heavy atom. The molecule has 0 fully saturated rings. The monoisotopic (exact) mass is 287 g/mol. The zero-order valence-electron chi connectivity index (χ0n) is 11.8. The maximum atomic E-state index is 13.5. The van der Waals surface area contributed by atoms with Gasteiger partial charge in [-0.15, -0.1) is 0 Å². The highest BCUT2D eigenvalue weighted by atomic mass is 19.4. The second kappa shape index (κ2) is 5.64. The lowest BCUT2D eigenvalue weighted by Gasteiger charge is -2.40. The summed E-state index contributed by atoms with van der Waals surface area (Å²) in [6.45, 7) is 2.25. The second-order valence-electron chi connectivity index (χ2n) is 5.32. The fourth-order valence-corrected chi connectivity index (χ4v) is 2.76. The molecule has 20 heavy (non-hydrogen) atoms. The zero-order chi connectivity index (χ0) is 14.8. The van der Waals surface area contributed by atoms with Crippen LogP contribution in [-0.2, 0) is 12.8 Å². The van der Waals surface area contributed by atoms with Gasteiger partial charge in [0.2, 0.25) is 0 Å². The van der Waals surface area contributed by atoms with Crippen LogP contribution in [0.4, 0.5) is 13.2 Å². The fraction of sp³-hybridized carbons (Fsp3) is 0.600. The standard InChI is InChI=1S/C15H20F3NO/c1-3-8-19-14(15(16,17)18)7-6-11-4-5-13(20-2)9-12(11)10-14/h4-5,9,19H,3,6-8,10H2,1-2H3. The maximum absolute atomic E-state index is 13.5. The highest BCUT2D eigenvalue weighted by molar-refractivity contribution is 5.39. The Balaban J connectivity index is 2.33. The summed E-state index contributed by atoms with van der Waals surface area (Å²) in [6, 6.07) is 5.40. The maximum Gasteiger partial charge on any atom is 0.406 e. The van der Waals surface area contributed by atoms with Crippen LogP contribution in [0.5, 0.6) is 5.75 Å². The number of nitrogens with one attached hydrogen (secondary N) is 1. The first-order valence-electron chi connectivity index (χ1n) is 6.89. The van der Waals surface area contributed by atoms with E-state index < -0.39 is 11.7 Å². The van der Waals surface area contributed by atoms with Gasteiger partial charge in [-0.1, -0.05) is 13.0 Å². The highest BCUT2D eigenvalue weighted by Crippen LogP contribution is 2.41. The summed E-state index contributed by atoms with van der Waals surface area (Å²) in [5, 5.41) is 2.74. The van der Waals surface area contributed by atoms with Gasteiger partial charge in [0, 0.05) is 0 Å². The Kier molecular flexibility index (Phi) is 4.28. The van der Waals surface area contributed by atoms with Crippen LogP contribution in [0.25, 0.3) is 0 Å². The molecule has 1 N–H and O–H groups in total. The Morgan fingerprint density at radius 1 is 1.30 bits per heavy atom. The van der Waals surface area contributed by atoms with E-state index in [2.05, 4.69) is 5.32 Å². The predicted molar refractivity (Wildman–Crippen MR) is 72.1 cm³/mol. The van der Waals surface area contributed by atoms with E-state index in [1.54, 1.807) is 12.1 Å². The summed E-state index contributed by atoms with van der Waals surface area (Å²) < 4.78 is 45.6. The minimum absolute atomic E-state index is 0.0248. The smallest absolute Gasteiger partial charge is 0.406 e. The first-order chi connectivity index (χ1) is 9.42. The molecule has 1 aliphatic carbocycles. The van der Waals surface area contributed by atoms with Crippen molar-refractivity contribution < 1.29 is 17.9 Å². The van der Waals surface area contributed by atoms with Gasteiger partial charge < -0.3 is 10.1 Å². The van der Waals surface area contributed by atoms with Gasteiger partial charge in [0.1, 0.15) is 11.3 Å². The molecule has 112 valence electrons. The number of hydrogen-bond donors (Lipinski definition) is 1. The Hall–Kier alpha value is -1.23. The molecule has 1 aromatic rings. The third kappa shape index (κ3) is 2.77. The fourth-order valence-electron chi connectivity index (χ4n) is 2.76. The SMILES string of the molecule is CCCNC1(C(F)(F)F)CCc2ccc(OC)cc2C1. The first-order valence-corrected chi connectivity index (χ1v) is 6.89. The van der Waals surface area contributed by atoms with Gasteiger partial charge in [-0.05, 0) is 55.5 Å². The molecular weight excluding hydrogens is 267 g/mol. The number of methoxy groups -OCH3 is 1. The number of rotatable bonds is 4. The van der Waals surface area contributed by atoms with Crippen LogP contribution in [0.1, 0.15) is 30.9 Å². The van der Waals surface area contributed by atoms with Crippen LogP contribution in [0.15, 0.2) is 18.2 Å². The van der Waals surface area contributed by atoms with Crippen molar-refractivity contribution in [2.75, 3.05) is 13.7 Å². The van der Waals surface area contributed by atoms with E-state index in [4.69, 9.17) is 4.74 Å². The summed E-state index contributed by atoms with van der Waals surface area (Å²) in [6.07, 6.45) is -3.06. The topological polar surface area (TPSA) is 21.3 Å². The molecule has 0 bridgehead atoms. The Bertz CT molecular complexity index is 473. The van der Waals surface area contributed by atoms with E-state index in [1.165, 1.54) is 7.11 Å². The Labute approximate surface area is 117 Å². The number of fused-ring (bicyclic) bond motifs is 1. The summed E-state index contributed by atoms with van der Waals surface area (Å²) >= 11 is 0. The molecule has 2 nitrogen and oxygen atoms in total. The number of halogens is 3. The van der Waals surface area contributed by atoms with Crippen molar-refractivity contribution in [1.82, 2.24) is 5.32 Å². The van der Waals surface area contributed by atoms with Gasteiger partial charge in [0.05, 0.1) is 7.11 Å². The molecule has 0 aromatic heterocycles. The minimum atomic E-state index is -4.25. The van der Waals surface area contributed by atoms with Crippen molar-refractivity contribution in [3.63, 3.8) is 0 Å². The highest BCUT2D eigenvalue weighted by Gasteiger charge is 2.55. The van der Waals surface area contributed by atoms with E-state index in [1.807, 2.05) is 13.0 Å². The molecule has 0 spiro atoms. The molecule has 0 radical (unpaired) electrons. The molecule has 1 aromatic carbocycles. The molecule has 5 heteroatoms. The predicted octanol–water partition coefficient (Wildman–Crippen LogP) is 3.48. The van der Waals surface area contributed by atoms with Crippen LogP contribution < -0.4 is 10.1 Å². The van der Waals surface area contributed by atoms with Gasteiger partial charge in [0.25, 0.3) is 0 Å². The van der Waals surface area contributed by atoms with Crippen molar-refractivity contribution in [2.24, 2.45) is 0 Å². The first kappa shape index (κ1) is 15.2. The third-order valence-corrected chi connectivity index (χ3v) is 3.98. The summed E-state index contributed by atoms with van der Waals surface area (Å²) in [5.74, 6) is 0.609. The lowest BCUT2D eigenvalue weighted by molar-refractivity contribution is -0.200. The summed E-state index contributed by atoms with van der Waals surface area (Å²) in [4.78, 5) is 0. The van der Waals surface area contributed by atoms with Crippen LogP contribution in [0.2, 0.25) is 0 Å². The molecule has 0 amide bonds. The second-order valence-corrected chi connectivity index (χ2v) is 5.32. The normalized spacial score (nSPS) is 22.4. The average Bonchev–Trinajstić information content (AvgIpc) is 2.43. The summed E-state index contributed by atoms with van der Waals surface area (Å²) in [5.41, 5.74) is -0.0805. The number of alkyl halides is 3. The molecule has 0 aliphatic heterocycles. The number of ether oxygens (including phenoxy) is 1. The van der Waals surface area contributed by atoms with E-state index >= 15 is 0 Å². The number of benzene rings is 1. The molecule has 0 saturated heterocycles. The van der Waals surface area contributed by atoms with Crippen molar-refractivity contribution in [3.05, 3.63) is 29.3 Å². The molecule has 1 aliphatic rings. The van der Waals surface area contributed by atoms with Crippen LogP contribution in [-0.4, -0.2) is 25.4 Å². The Morgan fingerprint density at radius 2 is 2.05 bits per heavy atom. The largest absolute Gasteiger partial charge is 0.497 e. The molecule has 1 unspecified atom stereocenters. The van der Waals surface area contributed by atoms with Crippen LogP contribution in [0, 0.1) is 0 Å². The molecule has 0 saturated carbocycles. The molecule has 0 heterocycles. The summed E-state index contributed by atoms with van der Waals surface area (Å²) in [7, 11) is 1.52. The van der Waals surface area contributed by atoms with E-state index in [9.17, 15) is 13.2 Å². The van der Waals surface area contributed by atoms with Crippen molar-refractivity contribution in [3.8, 4) is 5.75 Å². The van der Waals surface area contributed by atoms with Gasteiger partial charge >= 0.3 is 6.18 Å². The van der Waals surface area contributed by atoms with Crippen molar-refractivity contribution in [1.29, 1.82) is 0 Å². The van der Waals surface area contributed by atoms with Gasteiger partial charge in [0.15, 0.2) is 0 Å². The molecule has 1 atom stereocenters. The molecule has 2 rings (SSSR count). The zero-order valence-corrected chi connectivity index (χ0v) is 11.8. The molecular formula is C15H20F3NO. The van der Waals surface area contributed by atoms with Gasteiger partial charge in [-0.25, -0.2) is 0 Å². The lowest BCUT2D eigenvalue weighted by Crippen LogP contribution is -2.60. The van der Waals surface area contributed by atoms with Crippen LogP contribution >= 0.6 is 0 Å². The number of aryl methyl sites for hydroxylation is 1. The van der Waals surface area contributed by atoms with E-state index in [0.717, 1.165) is 11.1 Å². The van der Waals surface area contributed by atoms with Crippen LogP contribution in [0.3, 0.4) is 0 Å². The van der Waals surface area contributed by atoms with E-state index in [0.29, 0.717) is 25.1 Å². The quantitative estimate of drug-likeness (QED) is 0.915. The third-order valence-electron chi connectivity index (χ3n) is 3.98. The van der Waals surface area contributed by atoms with Crippen molar-refractivity contribution in [2.45, 2.75) is 44.3 Å². The number of hydrogen-bond acceptors (Lipinski definition) is 2. The average molecular weight is 287 g/mol. The van der Waals surface area contributed by atoms with Gasteiger partial charge in [-0.2, -0.15) is 13.2 Å². The van der Waals surface area contributed by atoms with E-state index in [-0.39, 0.29) is 12.8 Å². The lowest BCUT2D eigenvalue weighted by atomic mass is 9.77.